The van der Waals surface area contributed by atoms with E-state index in [1.54, 1.807) is 11.3 Å². The highest BCUT2D eigenvalue weighted by atomic mass is 32.2. The molecule has 1 aliphatic heterocycles. The Labute approximate surface area is 99.3 Å². The predicted octanol–water partition coefficient (Wildman–Crippen LogP) is 1.94. The highest BCUT2D eigenvalue weighted by Gasteiger charge is 2.27. The van der Waals surface area contributed by atoms with Gasteiger partial charge in [0, 0.05) is 17.9 Å². The van der Waals surface area contributed by atoms with E-state index < -0.39 is 10.1 Å². The molecule has 0 unspecified atom stereocenters. The first-order valence-corrected chi connectivity index (χ1v) is 7.77. The van der Waals surface area contributed by atoms with Crippen molar-refractivity contribution in [1.82, 2.24) is 0 Å². The van der Waals surface area contributed by atoms with Crippen LogP contribution in [0.2, 0.25) is 0 Å². The van der Waals surface area contributed by atoms with E-state index in [1.807, 2.05) is 17.5 Å². The predicted molar refractivity (Wildman–Crippen MR) is 62.0 cm³/mol. The monoisotopic (exact) mass is 262 g/mol. The van der Waals surface area contributed by atoms with Crippen molar-refractivity contribution in [2.24, 2.45) is 0 Å². The normalized spacial score (nSPS) is 26.8. The van der Waals surface area contributed by atoms with Crippen LogP contribution in [0.25, 0.3) is 0 Å². The van der Waals surface area contributed by atoms with E-state index >= 15 is 0 Å². The van der Waals surface area contributed by atoms with Crippen molar-refractivity contribution in [2.75, 3.05) is 12.9 Å². The van der Waals surface area contributed by atoms with Gasteiger partial charge < -0.3 is 4.74 Å². The van der Waals surface area contributed by atoms with Gasteiger partial charge in [0.05, 0.1) is 18.5 Å². The second kappa shape index (κ2) is 4.83. The molecule has 1 aromatic heterocycles. The molecule has 0 bridgehead atoms. The number of rotatable bonds is 3. The Morgan fingerprint density at radius 2 is 2.38 bits per heavy atom. The minimum absolute atomic E-state index is 0.0273. The van der Waals surface area contributed by atoms with Crippen LogP contribution in [0.4, 0.5) is 0 Å². The van der Waals surface area contributed by atoms with Crippen LogP contribution in [-0.4, -0.2) is 27.4 Å². The molecule has 0 radical (unpaired) electrons. The minimum Gasteiger partial charge on any atom is -0.372 e. The second-order valence-electron chi connectivity index (χ2n) is 3.82. The van der Waals surface area contributed by atoms with Gasteiger partial charge in [-0.1, -0.05) is 6.07 Å². The number of thiophene rings is 1. The van der Waals surface area contributed by atoms with Gasteiger partial charge in [0.25, 0.3) is 10.1 Å². The molecule has 0 N–H and O–H groups in total. The lowest BCUT2D eigenvalue weighted by Crippen LogP contribution is -2.27. The Morgan fingerprint density at radius 3 is 3.00 bits per heavy atom. The van der Waals surface area contributed by atoms with Crippen LogP contribution in [0.15, 0.2) is 17.5 Å². The molecule has 0 aliphatic carbocycles. The molecule has 2 heterocycles. The molecule has 0 aromatic carbocycles. The van der Waals surface area contributed by atoms with E-state index in [9.17, 15) is 8.42 Å². The van der Waals surface area contributed by atoms with Crippen molar-refractivity contribution in [2.45, 2.75) is 25.0 Å². The zero-order chi connectivity index (χ0) is 11.6. The molecule has 0 spiro atoms. The van der Waals surface area contributed by atoms with Gasteiger partial charge in [-0.25, -0.2) is 0 Å². The van der Waals surface area contributed by atoms with Gasteiger partial charge in [-0.2, -0.15) is 8.42 Å². The van der Waals surface area contributed by atoms with E-state index in [0.717, 1.165) is 11.1 Å². The smallest absolute Gasteiger partial charge is 0.264 e. The molecule has 0 saturated carbocycles. The van der Waals surface area contributed by atoms with Crippen molar-refractivity contribution >= 4 is 21.5 Å². The Bertz CT molecular complexity index is 424. The molecule has 2 atom stereocenters. The fourth-order valence-corrected chi connectivity index (χ4v) is 3.23. The lowest BCUT2D eigenvalue weighted by Gasteiger charge is -2.28. The maximum absolute atomic E-state index is 11.0. The Morgan fingerprint density at radius 1 is 1.56 bits per heavy atom. The molecule has 1 fully saturated rings. The van der Waals surface area contributed by atoms with Crippen LogP contribution < -0.4 is 0 Å². The molecule has 0 amide bonds. The first-order valence-electron chi connectivity index (χ1n) is 5.08. The van der Waals surface area contributed by atoms with Crippen LogP contribution >= 0.6 is 11.3 Å². The van der Waals surface area contributed by atoms with Crippen molar-refractivity contribution in [3.63, 3.8) is 0 Å². The van der Waals surface area contributed by atoms with Crippen LogP contribution in [0.1, 0.15) is 23.8 Å². The van der Waals surface area contributed by atoms with Crippen molar-refractivity contribution in [1.29, 1.82) is 0 Å². The standard InChI is InChI=1S/C10H14O4S2/c1-16(11,12)14-8-4-5-13-9(7-8)10-3-2-6-15-10/h2-3,6,8-9H,4-5,7H2,1H3/t8-,9-/m1/s1. The summed E-state index contributed by atoms with van der Waals surface area (Å²) in [5.41, 5.74) is 0. The first kappa shape index (κ1) is 12.0. The lowest BCUT2D eigenvalue weighted by atomic mass is 10.1. The van der Waals surface area contributed by atoms with Gasteiger partial charge in [-0.05, 0) is 17.9 Å². The summed E-state index contributed by atoms with van der Waals surface area (Å²) in [5.74, 6) is 0. The van der Waals surface area contributed by atoms with Gasteiger partial charge in [-0.15, -0.1) is 11.3 Å². The van der Waals surface area contributed by atoms with Crippen molar-refractivity contribution < 1.29 is 17.3 Å². The SMILES string of the molecule is CS(=O)(=O)O[C@@H]1CCO[C@@H](c2cccs2)C1. The van der Waals surface area contributed by atoms with Crippen LogP contribution in [0.3, 0.4) is 0 Å². The van der Waals surface area contributed by atoms with Crippen LogP contribution in [0.5, 0.6) is 0 Å². The Hall–Kier alpha value is -0.430. The summed E-state index contributed by atoms with van der Waals surface area (Å²) in [4.78, 5) is 1.13. The zero-order valence-electron chi connectivity index (χ0n) is 8.96. The average molecular weight is 262 g/mol. The third-order valence-corrected chi connectivity index (χ3v) is 3.99. The molecule has 90 valence electrons. The fourth-order valence-electron chi connectivity index (χ4n) is 1.77. The largest absolute Gasteiger partial charge is 0.372 e. The van der Waals surface area contributed by atoms with Crippen molar-refractivity contribution in [3.05, 3.63) is 22.4 Å². The minimum atomic E-state index is -3.37. The Balaban J connectivity index is 2.00. The summed E-state index contributed by atoms with van der Waals surface area (Å²) in [5, 5.41) is 1.99. The van der Waals surface area contributed by atoms with Gasteiger partial charge in [0.15, 0.2) is 0 Å². The summed E-state index contributed by atoms with van der Waals surface area (Å²) in [7, 11) is -3.37. The summed E-state index contributed by atoms with van der Waals surface area (Å²) in [6.07, 6.45) is 2.04. The lowest BCUT2D eigenvalue weighted by molar-refractivity contribution is -0.0325. The molecule has 4 nitrogen and oxygen atoms in total. The number of hydrogen-bond acceptors (Lipinski definition) is 5. The molecular weight excluding hydrogens is 248 g/mol. The molecule has 16 heavy (non-hydrogen) atoms. The Kier molecular flexibility index (Phi) is 3.63. The van der Waals surface area contributed by atoms with E-state index in [2.05, 4.69) is 0 Å². The van der Waals surface area contributed by atoms with Crippen LogP contribution in [0, 0.1) is 0 Å². The van der Waals surface area contributed by atoms with Crippen LogP contribution in [-0.2, 0) is 19.0 Å². The highest BCUT2D eigenvalue weighted by molar-refractivity contribution is 7.86. The van der Waals surface area contributed by atoms with Gasteiger partial charge in [0.2, 0.25) is 0 Å². The van der Waals surface area contributed by atoms with E-state index in [-0.39, 0.29) is 12.2 Å². The molecule has 1 saturated heterocycles. The molecule has 1 aromatic rings. The maximum atomic E-state index is 11.0. The van der Waals surface area contributed by atoms with E-state index in [4.69, 9.17) is 8.92 Å². The van der Waals surface area contributed by atoms with Gasteiger partial charge in [-0.3, -0.25) is 4.18 Å². The van der Waals surface area contributed by atoms with Gasteiger partial charge >= 0.3 is 0 Å². The zero-order valence-corrected chi connectivity index (χ0v) is 10.6. The maximum Gasteiger partial charge on any atom is 0.264 e. The van der Waals surface area contributed by atoms with E-state index in [1.165, 1.54) is 0 Å². The molecular formula is C10H14O4S2. The highest BCUT2D eigenvalue weighted by Crippen LogP contribution is 2.32. The second-order valence-corrected chi connectivity index (χ2v) is 6.40. The number of hydrogen-bond donors (Lipinski definition) is 0. The molecule has 1 aliphatic rings. The third-order valence-electron chi connectivity index (χ3n) is 2.41. The number of ether oxygens (including phenoxy) is 1. The molecule has 2 rings (SSSR count). The van der Waals surface area contributed by atoms with E-state index in [0.29, 0.717) is 19.4 Å². The topological polar surface area (TPSA) is 52.6 Å². The van der Waals surface area contributed by atoms with Crippen molar-refractivity contribution in [3.8, 4) is 0 Å². The summed E-state index contributed by atoms with van der Waals surface area (Å²) in [6.45, 7) is 0.544. The average Bonchev–Trinajstić information content (AvgIpc) is 2.68. The third kappa shape index (κ3) is 3.28. The summed E-state index contributed by atoms with van der Waals surface area (Å²) in [6, 6.07) is 3.96. The molecule has 6 heteroatoms. The quantitative estimate of drug-likeness (QED) is 0.781. The fraction of sp³-hybridized carbons (Fsp3) is 0.600. The van der Waals surface area contributed by atoms with Gasteiger partial charge in [0.1, 0.15) is 0 Å². The first-order chi connectivity index (χ1) is 7.54. The summed E-state index contributed by atoms with van der Waals surface area (Å²) >= 11 is 1.62. The summed E-state index contributed by atoms with van der Waals surface area (Å²) < 4.78 is 32.7.